The fourth-order valence-corrected chi connectivity index (χ4v) is 2.00. The molecule has 0 aliphatic rings. The van der Waals surface area contributed by atoms with E-state index < -0.39 is 10.3 Å². The van der Waals surface area contributed by atoms with Crippen molar-refractivity contribution < 1.29 is 23.9 Å². The van der Waals surface area contributed by atoms with E-state index in [0.717, 1.165) is 0 Å². The van der Waals surface area contributed by atoms with E-state index in [0.29, 0.717) is 36.9 Å². The molecule has 0 aromatic heterocycles. The number of hydrogen-bond acceptors (Lipinski definition) is 6. The van der Waals surface area contributed by atoms with E-state index in [2.05, 4.69) is 0 Å². The number of nitro groups is 1. The van der Waals surface area contributed by atoms with Crippen LogP contribution in [0.15, 0.2) is 12.1 Å². The van der Waals surface area contributed by atoms with Gasteiger partial charge in [0.2, 0.25) is 0 Å². The van der Waals surface area contributed by atoms with E-state index >= 15 is 0 Å². The maximum absolute atomic E-state index is 11.4. The molecule has 0 saturated carbocycles. The minimum absolute atomic E-state index is 0.0176. The molecule has 0 fully saturated rings. The summed E-state index contributed by atoms with van der Waals surface area (Å²) in [4.78, 5) is 11.0. The Kier molecular flexibility index (Phi) is 7.25. The van der Waals surface area contributed by atoms with Crippen LogP contribution < -0.4 is 9.47 Å². The largest absolute Gasteiger partial charge is 0.487 e. The van der Waals surface area contributed by atoms with E-state index in [4.69, 9.17) is 18.9 Å². The van der Waals surface area contributed by atoms with Crippen LogP contribution in [-0.4, -0.2) is 45.6 Å². The van der Waals surface area contributed by atoms with Gasteiger partial charge in [-0.25, -0.2) is 0 Å². The Morgan fingerprint density at radius 3 is 1.83 bits per heavy atom. The predicted molar refractivity (Wildman–Crippen MR) is 86.5 cm³/mol. The van der Waals surface area contributed by atoms with Gasteiger partial charge in [-0.05, 0) is 11.5 Å². The lowest BCUT2D eigenvalue weighted by Gasteiger charge is -2.21. The third kappa shape index (κ3) is 5.69. The molecule has 7 nitrogen and oxygen atoms in total. The van der Waals surface area contributed by atoms with Crippen molar-refractivity contribution in [3.8, 4) is 11.5 Å². The zero-order chi connectivity index (χ0) is 17.5. The van der Waals surface area contributed by atoms with Crippen LogP contribution in [0.1, 0.15) is 26.3 Å². The molecule has 0 saturated heterocycles. The van der Waals surface area contributed by atoms with Crippen LogP contribution in [0, 0.1) is 10.1 Å². The van der Waals surface area contributed by atoms with Crippen LogP contribution >= 0.6 is 0 Å². The lowest BCUT2D eigenvalue weighted by atomic mass is 9.85. The number of methoxy groups -OCH3 is 2. The minimum Gasteiger partial charge on any atom is -0.487 e. The summed E-state index contributed by atoms with van der Waals surface area (Å²) in [5.74, 6) is 0.798. The first-order valence-corrected chi connectivity index (χ1v) is 7.37. The molecule has 1 rings (SSSR count). The first-order valence-electron chi connectivity index (χ1n) is 7.37. The van der Waals surface area contributed by atoms with Gasteiger partial charge in [-0.1, -0.05) is 20.8 Å². The second kappa shape index (κ2) is 8.69. The number of nitro benzene ring substituents is 1. The van der Waals surface area contributed by atoms with Gasteiger partial charge in [0, 0.05) is 19.8 Å². The summed E-state index contributed by atoms with van der Waals surface area (Å²) in [7, 11) is 3.14. The van der Waals surface area contributed by atoms with Crippen LogP contribution in [-0.2, 0) is 14.9 Å². The Balaban J connectivity index is 3.22. The van der Waals surface area contributed by atoms with Crippen LogP contribution in [0.3, 0.4) is 0 Å². The van der Waals surface area contributed by atoms with Gasteiger partial charge in [-0.2, -0.15) is 0 Å². The molecule has 1 aromatic carbocycles. The molecule has 0 radical (unpaired) electrons. The minimum atomic E-state index is -0.400. The summed E-state index contributed by atoms with van der Waals surface area (Å²) in [6.07, 6.45) is 0. The zero-order valence-corrected chi connectivity index (χ0v) is 14.4. The highest BCUT2D eigenvalue weighted by Crippen LogP contribution is 2.40. The molecule has 0 atom stereocenters. The van der Waals surface area contributed by atoms with Crippen molar-refractivity contribution in [1.82, 2.24) is 0 Å². The van der Waals surface area contributed by atoms with Crippen molar-refractivity contribution in [3.63, 3.8) is 0 Å². The third-order valence-corrected chi connectivity index (χ3v) is 3.16. The zero-order valence-electron chi connectivity index (χ0n) is 14.4. The Morgan fingerprint density at radius 2 is 1.43 bits per heavy atom. The van der Waals surface area contributed by atoms with Gasteiger partial charge < -0.3 is 18.9 Å². The average molecular weight is 327 g/mol. The Bertz CT molecular complexity index is 524. The Morgan fingerprint density at radius 1 is 0.957 bits per heavy atom. The van der Waals surface area contributed by atoms with Crippen molar-refractivity contribution in [3.05, 3.63) is 27.8 Å². The molecule has 0 spiro atoms. The monoisotopic (exact) mass is 327 g/mol. The summed E-state index contributed by atoms with van der Waals surface area (Å²) in [5.41, 5.74) is 0.213. The predicted octanol–water partition coefficient (Wildman–Crippen LogP) is 2.94. The summed E-state index contributed by atoms with van der Waals surface area (Å²) in [6.45, 7) is 7.16. The third-order valence-electron chi connectivity index (χ3n) is 3.16. The normalized spacial score (nSPS) is 11.3. The van der Waals surface area contributed by atoms with E-state index in [-0.39, 0.29) is 12.3 Å². The molecular weight excluding hydrogens is 302 g/mol. The molecule has 0 aliphatic heterocycles. The first-order chi connectivity index (χ1) is 10.8. The highest BCUT2D eigenvalue weighted by atomic mass is 16.6. The molecule has 0 aliphatic carbocycles. The molecule has 7 heteroatoms. The van der Waals surface area contributed by atoms with E-state index in [9.17, 15) is 10.1 Å². The maximum Gasteiger partial charge on any atom is 0.277 e. The van der Waals surface area contributed by atoms with Crippen molar-refractivity contribution in [2.45, 2.75) is 26.2 Å². The van der Waals surface area contributed by atoms with Crippen molar-refractivity contribution >= 4 is 5.69 Å². The van der Waals surface area contributed by atoms with Gasteiger partial charge in [0.15, 0.2) is 11.5 Å². The Labute approximate surface area is 136 Å². The van der Waals surface area contributed by atoms with Gasteiger partial charge in [0.1, 0.15) is 13.2 Å². The van der Waals surface area contributed by atoms with Crippen LogP contribution in [0.5, 0.6) is 11.5 Å². The van der Waals surface area contributed by atoms with Gasteiger partial charge in [-0.15, -0.1) is 0 Å². The molecule has 0 amide bonds. The summed E-state index contributed by atoms with van der Waals surface area (Å²) < 4.78 is 21.1. The van der Waals surface area contributed by atoms with E-state index in [1.165, 1.54) is 6.07 Å². The quantitative estimate of drug-likeness (QED) is 0.394. The lowest BCUT2D eigenvalue weighted by molar-refractivity contribution is -0.386. The summed E-state index contributed by atoms with van der Waals surface area (Å²) in [6, 6.07) is 3.09. The molecule has 23 heavy (non-hydrogen) atoms. The van der Waals surface area contributed by atoms with Crippen LogP contribution in [0.4, 0.5) is 5.69 Å². The second-order valence-electron chi connectivity index (χ2n) is 6.01. The smallest absolute Gasteiger partial charge is 0.277 e. The van der Waals surface area contributed by atoms with E-state index in [1.54, 1.807) is 20.3 Å². The average Bonchev–Trinajstić information content (AvgIpc) is 2.47. The molecular formula is C16H25NO6. The van der Waals surface area contributed by atoms with E-state index in [1.807, 2.05) is 20.8 Å². The van der Waals surface area contributed by atoms with Crippen LogP contribution in [0.2, 0.25) is 0 Å². The standard InChI is InChI=1S/C16H25NO6/c1-16(2,3)12-10-14(22-8-6-20-4)15(23-9-7-21-5)11-13(12)17(18)19/h10-11H,6-9H2,1-5H3. The topological polar surface area (TPSA) is 80.1 Å². The van der Waals surface area contributed by atoms with Gasteiger partial charge >= 0.3 is 0 Å². The highest BCUT2D eigenvalue weighted by molar-refractivity contribution is 5.56. The molecule has 0 heterocycles. The first kappa shape index (κ1) is 19.2. The molecule has 0 unspecified atom stereocenters. The molecule has 130 valence electrons. The SMILES string of the molecule is COCCOc1cc([N+](=O)[O-])c(C(C)(C)C)cc1OCCOC. The fourth-order valence-electron chi connectivity index (χ4n) is 2.00. The number of ether oxygens (including phenoxy) is 4. The summed E-state index contributed by atoms with van der Waals surface area (Å²) in [5, 5.41) is 11.4. The number of rotatable bonds is 9. The van der Waals surface area contributed by atoms with Crippen molar-refractivity contribution in [2.24, 2.45) is 0 Å². The van der Waals surface area contributed by atoms with Crippen molar-refractivity contribution in [1.29, 1.82) is 0 Å². The lowest BCUT2D eigenvalue weighted by Crippen LogP contribution is -2.16. The molecule has 0 N–H and O–H groups in total. The molecule has 0 bridgehead atoms. The fraction of sp³-hybridized carbons (Fsp3) is 0.625. The maximum atomic E-state index is 11.4. The summed E-state index contributed by atoms with van der Waals surface area (Å²) >= 11 is 0. The van der Waals surface area contributed by atoms with Crippen LogP contribution in [0.25, 0.3) is 0 Å². The van der Waals surface area contributed by atoms with Gasteiger partial charge in [-0.3, -0.25) is 10.1 Å². The second-order valence-corrected chi connectivity index (χ2v) is 6.01. The highest BCUT2D eigenvalue weighted by Gasteiger charge is 2.28. The van der Waals surface area contributed by atoms with Gasteiger partial charge in [0.25, 0.3) is 5.69 Å². The molecule has 1 aromatic rings. The van der Waals surface area contributed by atoms with Crippen molar-refractivity contribution in [2.75, 3.05) is 40.6 Å². The number of nitrogens with zero attached hydrogens (tertiary/aromatic N) is 1. The number of hydrogen-bond donors (Lipinski definition) is 0. The number of benzene rings is 1. The Hall–Kier alpha value is -1.86. The van der Waals surface area contributed by atoms with Gasteiger partial charge in [0.05, 0.1) is 24.2 Å².